The third-order valence-corrected chi connectivity index (χ3v) is 7.24. The Morgan fingerprint density at radius 3 is 2.61 bits per heavy atom. The highest BCUT2D eigenvalue weighted by atomic mass is 16.5. The Labute approximate surface area is 226 Å². The van der Waals surface area contributed by atoms with Crippen molar-refractivity contribution >= 4 is 0 Å². The van der Waals surface area contributed by atoms with Crippen LogP contribution in [0.15, 0.2) is 91.3 Å². The van der Waals surface area contributed by atoms with Crippen LogP contribution in [0.2, 0.25) is 0 Å². The van der Waals surface area contributed by atoms with Crippen molar-refractivity contribution in [3.8, 4) is 5.75 Å². The van der Waals surface area contributed by atoms with E-state index in [2.05, 4.69) is 81.9 Å². The quantitative estimate of drug-likeness (QED) is 0.231. The maximum atomic E-state index is 6.01. The molecule has 0 radical (unpaired) electrons. The lowest BCUT2D eigenvalue weighted by Gasteiger charge is -2.32. The molecule has 5 heteroatoms. The van der Waals surface area contributed by atoms with E-state index < -0.39 is 0 Å². The molecule has 1 aliphatic carbocycles. The number of aromatic nitrogens is 2. The van der Waals surface area contributed by atoms with Crippen LogP contribution in [0.5, 0.6) is 5.75 Å². The minimum atomic E-state index is 0.273. The van der Waals surface area contributed by atoms with E-state index in [4.69, 9.17) is 9.72 Å². The first kappa shape index (κ1) is 26.1. The molecule has 5 rings (SSSR count). The van der Waals surface area contributed by atoms with Crippen LogP contribution in [0.1, 0.15) is 65.9 Å². The molecule has 2 heterocycles. The Bertz CT molecular complexity index is 1290. The van der Waals surface area contributed by atoms with Crippen LogP contribution in [0, 0.1) is 0 Å². The van der Waals surface area contributed by atoms with Crippen molar-refractivity contribution in [2.75, 3.05) is 6.61 Å². The van der Waals surface area contributed by atoms with Crippen molar-refractivity contribution in [2.45, 2.75) is 64.8 Å². The Balaban J connectivity index is 1.38. The highest BCUT2D eigenvalue weighted by Gasteiger charge is 2.27. The van der Waals surface area contributed by atoms with Gasteiger partial charge in [0.2, 0.25) is 0 Å². The summed E-state index contributed by atoms with van der Waals surface area (Å²) in [6, 6.07) is 28.1. The highest BCUT2D eigenvalue weighted by Crippen LogP contribution is 2.35. The third-order valence-electron chi connectivity index (χ3n) is 7.24. The zero-order valence-corrected chi connectivity index (χ0v) is 22.4. The number of nitrogens with zero attached hydrogens (tertiary/aromatic N) is 3. The van der Waals surface area contributed by atoms with Gasteiger partial charge in [-0.05, 0) is 67.1 Å². The smallest absolute Gasteiger partial charge is 0.123 e. The maximum Gasteiger partial charge on any atom is 0.123 e. The predicted molar refractivity (Wildman–Crippen MR) is 153 cm³/mol. The lowest BCUT2D eigenvalue weighted by molar-refractivity contribution is 0.162. The number of ether oxygens (including phenoxy) is 1. The molecule has 38 heavy (non-hydrogen) atoms. The number of pyridine rings is 2. The first-order valence-corrected chi connectivity index (χ1v) is 13.9. The van der Waals surface area contributed by atoms with Crippen LogP contribution in [0.25, 0.3) is 0 Å². The van der Waals surface area contributed by atoms with Gasteiger partial charge in [-0.2, -0.15) is 0 Å². The predicted octanol–water partition coefficient (Wildman–Crippen LogP) is 6.64. The minimum Gasteiger partial charge on any atom is -0.494 e. The maximum absolute atomic E-state index is 6.01. The monoisotopic (exact) mass is 506 g/mol. The van der Waals surface area contributed by atoms with Crippen LogP contribution in [-0.4, -0.2) is 21.5 Å². The zero-order valence-electron chi connectivity index (χ0n) is 22.4. The highest BCUT2D eigenvalue weighted by molar-refractivity contribution is 5.34. The van der Waals surface area contributed by atoms with Gasteiger partial charge >= 0.3 is 0 Å². The van der Waals surface area contributed by atoms with E-state index in [0.29, 0.717) is 6.61 Å². The van der Waals surface area contributed by atoms with E-state index in [1.807, 2.05) is 31.5 Å². The van der Waals surface area contributed by atoms with Crippen molar-refractivity contribution in [3.63, 3.8) is 0 Å². The van der Waals surface area contributed by atoms with Crippen molar-refractivity contribution in [1.29, 1.82) is 0 Å². The molecule has 1 unspecified atom stereocenters. The fraction of sp³-hybridized carbons (Fsp3) is 0.333. The molecule has 1 N–H and O–H groups in total. The van der Waals surface area contributed by atoms with Gasteiger partial charge in [-0.25, -0.2) is 0 Å². The summed E-state index contributed by atoms with van der Waals surface area (Å²) in [5.74, 6) is 0.974. The average Bonchev–Trinajstić information content (AvgIpc) is 3.17. The van der Waals surface area contributed by atoms with E-state index in [1.165, 1.54) is 40.8 Å². The largest absolute Gasteiger partial charge is 0.494 e. The molecule has 0 saturated heterocycles. The number of benzene rings is 2. The molecule has 0 bridgehead atoms. The molecule has 196 valence electrons. The molecule has 0 fully saturated rings. The van der Waals surface area contributed by atoms with Crippen molar-refractivity contribution in [2.24, 2.45) is 0 Å². The van der Waals surface area contributed by atoms with Gasteiger partial charge in [0, 0.05) is 44.1 Å². The van der Waals surface area contributed by atoms with Crippen LogP contribution < -0.4 is 10.1 Å². The van der Waals surface area contributed by atoms with Gasteiger partial charge in [-0.15, -0.1) is 0 Å². The summed E-state index contributed by atoms with van der Waals surface area (Å²) >= 11 is 0. The summed E-state index contributed by atoms with van der Waals surface area (Å²) in [6.07, 6.45) is 8.46. The summed E-state index contributed by atoms with van der Waals surface area (Å²) in [5.41, 5.74) is 7.52. The number of aryl methyl sites for hydroxylation is 1. The summed E-state index contributed by atoms with van der Waals surface area (Å²) in [4.78, 5) is 11.9. The van der Waals surface area contributed by atoms with Gasteiger partial charge < -0.3 is 10.1 Å². The van der Waals surface area contributed by atoms with Gasteiger partial charge in [-0.1, -0.05) is 61.0 Å². The molecular formula is C33H38N4O. The van der Waals surface area contributed by atoms with Gasteiger partial charge in [-0.3, -0.25) is 14.9 Å². The Kier molecular flexibility index (Phi) is 9.14. The number of fused-ring (bicyclic) bond motifs is 1. The van der Waals surface area contributed by atoms with Gasteiger partial charge in [0.15, 0.2) is 0 Å². The van der Waals surface area contributed by atoms with E-state index >= 15 is 0 Å². The van der Waals surface area contributed by atoms with Crippen LogP contribution >= 0.6 is 0 Å². The fourth-order valence-corrected chi connectivity index (χ4v) is 5.44. The van der Waals surface area contributed by atoms with Gasteiger partial charge in [0.05, 0.1) is 24.0 Å². The Morgan fingerprint density at radius 2 is 1.71 bits per heavy atom. The second-order valence-electron chi connectivity index (χ2n) is 10.00. The fourth-order valence-electron chi connectivity index (χ4n) is 5.44. The summed E-state index contributed by atoms with van der Waals surface area (Å²) < 4.78 is 6.01. The normalized spacial score (nSPS) is 15.2. The van der Waals surface area contributed by atoms with Crippen molar-refractivity contribution in [3.05, 3.63) is 125 Å². The second kappa shape index (κ2) is 13.3. The molecule has 4 aromatic rings. The molecule has 2 aromatic heterocycles. The van der Waals surface area contributed by atoms with Crippen molar-refractivity contribution in [1.82, 2.24) is 20.2 Å². The zero-order chi connectivity index (χ0) is 26.0. The molecule has 5 nitrogen and oxygen atoms in total. The summed E-state index contributed by atoms with van der Waals surface area (Å²) in [7, 11) is 0. The van der Waals surface area contributed by atoms with Crippen LogP contribution in [0.3, 0.4) is 0 Å². The lowest BCUT2D eigenvalue weighted by atomic mass is 10.0. The SMILES string of the molecule is CCOc1ccccc1CN(Cc1cccc(CNCc2ccccn2)c1)C1CCCCc2cccnc21. The third kappa shape index (κ3) is 6.85. The second-order valence-corrected chi connectivity index (χ2v) is 10.00. The van der Waals surface area contributed by atoms with Crippen LogP contribution in [-0.2, 0) is 32.6 Å². The lowest BCUT2D eigenvalue weighted by Crippen LogP contribution is -2.29. The topological polar surface area (TPSA) is 50.3 Å². The standard InChI is InChI=1S/C33H38N4O/c1-2-38-32-18-6-4-14-29(32)25-37(31-17-5-3-13-28-15-10-20-36-33(28)31)24-27-12-9-11-26(21-27)22-34-23-30-16-7-8-19-35-30/h4,6-12,14-16,18-21,31,34H,2-3,5,13,17,22-25H2,1H3. The molecule has 0 saturated carbocycles. The molecule has 2 aromatic carbocycles. The van der Waals surface area contributed by atoms with E-state index in [0.717, 1.165) is 50.5 Å². The summed E-state index contributed by atoms with van der Waals surface area (Å²) in [6.45, 7) is 5.96. The van der Waals surface area contributed by atoms with E-state index in [-0.39, 0.29) is 6.04 Å². The molecule has 0 amide bonds. The van der Waals surface area contributed by atoms with E-state index in [9.17, 15) is 0 Å². The first-order valence-electron chi connectivity index (χ1n) is 13.9. The molecule has 1 aliphatic rings. The number of para-hydroxylation sites is 1. The molecule has 0 spiro atoms. The number of nitrogens with one attached hydrogen (secondary N) is 1. The summed E-state index contributed by atoms with van der Waals surface area (Å²) in [5, 5.41) is 3.54. The molecular weight excluding hydrogens is 468 g/mol. The van der Waals surface area contributed by atoms with E-state index in [1.54, 1.807) is 0 Å². The molecule has 1 atom stereocenters. The Hall–Kier alpha value is -3.54. The molecule has 0 aliphatic heterocycles. The van der Waals surface area contributed by atoms with Gasteiger partial charge in [0.25, 0.3) is 0 Å². The van der Waals surface area contributed by atoms with Gasteiger partial charge in [0.1, 0.15) is 5.75 Å². The van der Waals surface area contributed by atoms with Crippen LogP contribution in [0.4, 0.5) is 0 Å². The Morgan fingerprint density at radius 1 is 0.842 bits per heavy atom. The number of hydrogen-bond acceptors (Lipinski definition) is 5. The number of rotatable bonds is 11. The van der Waals surface area contributed by atoms with Crippen molar-refractivity contribution < 1.29 is 4.74 Å². The minimum absolute atomic E-state index is 0.273. The number of hydrogen-bond donors (Lipinski definition) is 1. The average molecular weight is 507 g/mol. The first-order chi connectivity index (χ1) is 18.8.